The summed E-state index contributed by atoms with van der Waals surface area (Å²) in [4.78, 5) is 12.0. The van der Waals surface area contributed by atoms with E-state index in [0.29, 0.717) is 22.9 Å². The topological polar surface area (TPSA) is 38.3 Å². The smallest absolute Gasteiger partial charge is 0.228 e. The molecule has 2 aromatic rings. The number of carbonyl (C=O) groups is 1. The summed E-state index contributed by atoms with van der Waals surface area (Å²) in [5.41, 5.74) is 2.49. The summed E-state index contributed by atoms with van der Waals surface area (Å²) in [5.74, 6) is 0.471. The van der Waals surface area contributed by atoms with Crippen LogP contribution in [0, 0.1) is 6.92 Å². The minimum atomic E-state index is -0.0868. The lowest BCUT2D eigenvalue weighted by Gasteiger charge is -2.12. The maximum Gasteiger partial charge on any atom is 0.228 e. The van der Waals surface area contributed by atoms with Crippen molar-refractivity contribution in [2.75, 3.05) is 12.4 Å². The number of carbonyl (C=O) groups excluding carboxylic acids is 1. The quantitative estimate of drug-likeness (QED) is 0.929. The standard InChI is InChI=1S/C16H16ClNO2/c1-11-8-14(15(20-2)10-13(11)17)18-16(19)9-12-6-4-3-5-7-12/h3-8,10H,9H2,1-2H3,(H,18,19). The Balaban J connectivity index is 2.13. The molecule has 0 aliphatic heterocycles. The van der Waals surface area contributed by atoms with E-state index >= 15 is 0 Å². The predicted molar refractivity (Wildman–Crippen MR) is 81.5 cm³/mol. The van der Waals surface area contributed by atoms with E-state index in [1.165, 1.54) is 0 Å². The molecular weight excluding hydrogens is 274 g/mol. The highest BCUT2D eigenvalue weighted by Crippen LogP contribution is 2.30. The third kappa shape index (κ3) is 3.52. The molecule has 1 amide bonds. The van der Waals surface area contributed by atoms with Crippen LogP contribution >= 0.6 is 11.6 Å². The van der Waals surface area contributed by atoms with Crippen LogP contribution < -0.4 is 10.1 Å². The molecule has 3 nitrogen and oxygen atoms in total. The van der Waals surface area contributed by atoms with Crippen molar-refractivity contribution >= 4 is 23.2 Å². The molecule has 0 aliphatic rings. The zero-order valence-electron chi connectivity index (χ0n) is 11.4. The number of nitrogens with one attached hydrogen (secondary N) is 1. The van der Waals surface area contributed by atoms with Crippen molar-refractivity contribution in [2.45, 2.75) is 13.3 Å². The summed E-state index contributed by atoms with van der Waals surface area (Å²) < 4.78 is 5.23. The van der Waals surface area contributed by atoms with E-state index in [4.69, 9.17) is 16.3 Å². The number of aryl methyl sites for hydroxylation is 1. The Morgan fingerprint density at radius 3 is 2.60 bits per heavy atom. The minimum Gasteiger partial charge on any atom is -0.495 e. The summed E-state index contributed by atoms with van der Waals surface area (Å²) in [6.07, 6.45) is 0.325. The van der Waals surface area contributed by atoms with E-state index in [9.17, 15) is 4.79 Å². The first-order chi connectivity index (χ1) is 9.60. The SMILES string of the molecule is COc1cc(Cl)c(C)cc1NC(=O)Cc1ccccc1. The van der Waals surface area contributed by atoms with Gasteiger partial charge in [0.15, 0.2) is 0 Å². The van der Waals surface area contributed by atoms with Gasteiger partial charge in [0.25, 0.3) is 0 Å². The number of hydrogen-bond acceptors (Lipinski definition) is 2. The van der Waals surface area contributed by atoms with Gasteiger partial charge in [0, 0.05) is 11.1 Å². The second-order valence-electron chi connectivity index (χ2n) is 4.51. The van der Waals surface area contributed by atoms with E-state index in [1.54, 1.807) is 13.2 Å². The van der Waals surface area contributed by atoms with E-state index in [2.05, 4.69) is 5.32 Å². The van der Waals surface area contributed by atoms with E-state index in [-0.39, 0.29) is 5.91 Å². The zero-order chi connectivity index (χ0) is 14.5. The number of benzene rings is 2. The molecule has 0 aromatic heterocycles. The van der Waals surface area contributed by atoms with Crippen LogP contribution in [-0.4, -0.2) is 13.0 Å². The van der Waals surface area contributed by atoms with Gasteiger partial charge in [-0.05, 0) is 24.1 Å². The van der Waals surface area contributed by atoms with Crippen LogP contribution in [0.4, 0.5) is 5.69 Å². The lowest BCUT2D eigenvalue weighted by Crippen LogP contribution is -2.15. The lowest BCUT2D eigenvalue weighted by atomic mass is 10.1. The van der Waals surface area contributed by atoms with Crippen molar-refractivity contribution in [3.05, 3.63) is 58.6 Å². The van der Waals surface area contributed by atoms with Crippen molar-refractivity contribution in [1.29, 1.82) is 0 Å². The lowest BCUT2D eigenvalue weighted by molar-refractivity contribution is -0.115. The first-order valence-corrected chi connectivity index (χ1v) is 6.66. The summed E-state index contributed by atoms with van der Waals surface area (Å²) in [7, 11) is 1.55. The van der Waals surface area contributed by atoms with Crippen molar-refractivity contribution in [1.82, 2.24) is 0 Å². The molecule has 0 atom stereocenters. The third-order valence-corrected chi connectivity index (χ3v) is 3.37. The van der Waals surface area contributed by atoms with Gasteiger partial charge < -0.3 is 10.1 Å². The van der Waals surface area contributed by atoms with Gasteiger partial charge in [-0.25, -0.2) is 0 Å². The fraction of sp³-hybridized carbons (Fsp3) is 0.188. The highest BCUT2D eigenvalue weighted by Gasteiger charge is 2.10. The molecule has 0 spiro atoms. The zero-order valence-corrected chi connectivity index (χ0v) is 12.2. The minimum absolute atomic E-state index is 0.0868. The molecule has 0 heterocycles. The average Bonchev–Trinajstić information content (AvgIpc) is 2.43. The van der Waals surface area contributed by atoms with Gasteiger partial charge in [0.2, 0.25) is 5.91 Å². The van der Waals surface area contributed by atoms with Gasteiger partial charge in [-0.2, -0.15) is 0 Å². The maximum atomic E-state index is 12.0. The summed E-state index contributed by atoms with van der Waals surface area (Å²) in [6, 6.07) is 13.1. The van der Waals surface area contributed by atoms with Crippen molar-refractivity contribution in [3.8, 4) is 5.75 Å². The van der Waals surface area contributed by atoms with Crippen LogP contribution in [0.2, 0.25) is 5.02 Å². The normalized spacial score (nSPS) is 10.2. The summed E-state index contributed by atoms with van der Waals surface area (Å²) >= 11 is 6.04. The number of hydrogen-bond donors (Lipinski definition) is 1. The molecule has 0 aliphatic carbocycles. The van der Waals surface area contributed by atoms with Crippen LogP contribution in [0.5, 0.6) is 5.75 Å². The molecule has 20 heavy (non-hydrogen) atoms. The maximum absolute atomic E-state index is 12.0. The molecule has 2 aromatic carbocycles. The van der Waals surface area contributed by atoms with Gasteiger partial charge >= 0.3 is 0 Å². The van der Waals surface area contributed by atoms with Crippen LogP contribution in [0.25, 0.3) is 0 Å². The largest absolute Gasteiger partial charge is 0.495 e. The van der Waals surface area contributed by atoms with E-state index < -0.39 is 0 Å². The third-order valence-electron chi connectivity index (χ3n) is 2.96. The van der Waals surface area contributed by atoms with Gasteiger partial charge in [0.1, 0.15) is 5.75 Å². The Hall–Kier alpha value is -2.00. The molecule has 0 saturated heterocycles. The molecule has 4 heteroatoms. The second kappa shape index (κ2) is 6.44. The van der Waals surface area contributed by atoms with Crippen LogP contribution in [0.15, 0.2) is 42.5 Å². The summed E-state index contributed by atoms with van der Waals surface area (Å²) in [6.45, 7) is 1.88. The molecule has 0 radical (unpaired) electrons. The fourth-order valence-electron chi connectivity index (χ4n) is 1.91. The Bertz CT molecular complexity index is 611. The van der Waals surface area contributed by atoms with Crippen LogP contribution in [-0.2, 0) is 11.2 Å². The molecule has 0 bridgehead atoms. The highest BCUT2D eigenvalue weighted by molar-refractivity contribution is 6.31. The predicted octanol–water partition coefficient (Wildman–Crippen LogP) is 3.84. The van der Waals surface area contributed by atoms with Gasteiger partial charge in [0.05, 0.1) is 19.2 Å². The van der Waals surface area contributed by atoms with Gasteiger partial charge in [-0.3, -0.25) is 4.79 Å². The Morgan fingerprint density at radius 2 is 1.95 bits per heavy atom. The van der Waals surface area contributed by atoms with Gasteiger partial charge in [-0.1, -0.05) is 41.9 Å². The first kappa shape index (κ1) is 14.4. The van der Waals surface area contributed by atoms with Crippen LogP contribution in [0.1, 0.15) is 11.1 Å². The summed E-state index contributed by atoms with van der Waals surface area (Å²) in [5, 5.41) is 3.47. The number of halogens is 1. The number of anilines is 1. The Labute approximate surface area is 123 Å². The Kier molecular flexibility index (Phi) is 4.64. The first-order valence-electron chi connectivity index (χ1n) is 6.28. The number of methoxy groups -OCH3 is 1. The Morgan fingerprint density at radius 1 is 1.25 bits per heavy atom. The van der Waals surface area contributed by atoms with Crippen molar-refractivity contribution in [2.24, 2.45) is 0 Å². The molecule has 0 fully saturated rings. The van der Waals surface area contributed by atoms with E-state index in [0.717, 1.165) is 11.1 Å². The molecule has 104 valence electrons. The molecule has 1 N–H and O–H groups in total. The van der Waals surface area contributed by atoms with Crippen molar-refractivity contribution < 1.29 is 9.53 Å². The molecule has 2 rings (SSSR count). The average molecular weight is 290 g/mol. The highest BCUT2D eigenvalue weighted by atomic mass is 35.5. The fourth-order valence-corrected chi connectivity index (χ4v) is 2.06. The van der Waals surface area contributed by atoms with Gasteiger partial charge in [-0.15, -0.1) is 0 Å². The second-order valence-corrected chi connectivity index (χ2v) is 4.92. The molecule has 0 unspecified atom stereocenters. The molecular formula is C16H16ClNO2. The number of rotatable bonds is 4. The number of ether oxygens (including phenoxy) is 1. The molecule has 0 saturated carbocycles. The number of amides is 1. The van der Waals surface area contributed by atoms with Crippen LogP contribution in [0.3, 0.4) is 0 Å². The monoisotopic (exact) mass is 289 g/mol. The van der Waals surface area contributed by atoms with E-state index in [1.807, 2.05) is 43.3 Å². The van der Waals surface area contributed by atoms with Crippen molar-refractivity contribution in [3.63, 3.8) is 0 Å².